The molecule has 0 bridgehead atoms. The van der Waals surface area contributed by atoms with Crippen molar-refractivity contribution in [3.05, 3.63) is 33.8 Å². The maximum Gasteiger partial charge on any atom is 0.267 e. The number of anilines is 1. The molecular formula is C19H25N3O5S2. The van der Waals surface area contributed by atoms with Gasteiger partial charge < -0.3 is 14.8 Å². The molecule has 2 aromatic rings. The smallest absolute Gasteiger partial charge is 0.267 e. The normalized spacial score (nSPS) is 15.3. The topological polar surface area (TPSA) is 97.8 Å². The Bertz CT molecular complexity index is 982. The van der Waals surface area contributed by atoms with Gasteiger partial charge >= 0.3 is 0 Å². The maximum absolute atomic E-state index is 12.9. The number of morpholine rings is 1. The number of aryl methyl sites for hydroxylation is 2. The fraction of sp³-hybridized carbons (Fsp3) is 0.474. The van der Waals surface area contributed by atoms with Crippen molar-refractivity contribution in [2.45, 2.75) is 31.6 Å². The van der Waals surface area contributed by atoms with Crippen molar-refractivity contribution in [1.29, 1.82) is 0 Å². The highest BCUT2D eigenvalue weighted by Crippen LogP contribution is 2.30. The quantitative estimate of drug-likeness (QED) is 0.712. The summed E-state index contributed by atoms with van der Waals surface area (Å²) in [5.41, 5.74) is 0.962. The Morgan fingerprint density at radius 1 is 1.34 bits per heavy atom. The summed E-state index contributed by atoms with van der Waals surface area (Å²) < 4.78 is 37.8. The molecule has 0 spiro atoms. The summed E-state index contributed by atoms with van der Waals surface area (Å²) in [4.78, 5) is 17.9. The van der Waals surface area contributed by atoms with Crippen LogP contribution in [0.2, 0.25) is 0 Å². The second kappa shape index (κ2) is 9.21. The van der Waals surface area contributed by atoms with Crippen LogP contribution in [0.25, 0.3) is 0 Å². The first kappa shape index (κ1) is 21.7. The SMILES string of the molecule is CCCc1nc(C)c(C(=O)Nc2cc(S(=O)(=O)N3CCOCC3)ccc2OC)s1. The van der Waals surface area contributed by atoms with Crippen LogP contribution in [0.5, 0.6) is 5.75 Å². The molecule has 1 amide bonds. The van der Waals surface area contributed by atoms with Gasteiger partial charge in [0.15, 0.2) is 0 Å². The second-order valence-corrected chi connectivity index (χ2v) is 9.63. The molecule has 158 valence electrons. The molecule has 0 aliphatic carbocycles. The minimum Gasteiger partial charge on any atom is -0.495 e. The van der Waals surface area contributed by atoms with E-state index in [4.69, 9.17) is 9.47 Å². The molecule has 0 saturated carbocycles. The Kier molecular flexibility index (Phi) is 6.89. The van der Waals surface area contributed by atoms with Gasteiger partial charge in [-0.15, -0.1) is 11.3 Å². The van der Waals surface area contributed by atoms with E-state index in [0.717, 1.165) is 17.8 Å². The Balaban J connectivity index is 1.88. The molecule has 3 rings (SSSR count). The standard InChI is InChI=1S/C19H25N3O5S2/c1-4-5-17-20-13(2)18(28-17)19(23)21-15-12-14(6-7-16(15)26-3)29(24,25)22-8-10-27-11-9-22/h6-7,12H,4-5,8-11H2,1-3H3,(H,21,23). The highest BCUT2D eigenvalue weighted by atomic mass is 32.2. The van der Waals surface area contributed by atoms with Gasteiger partial charge in [-0.1, -0.05) is 6.92 Å². The highest BCUT2D eigenvalue weighted by molar-refractivity contribution is 7.89. The summed E-state index contributed by atoms with van der Waals surface area (Å²) in [5, 5.41) is 3.70. The Morgan fingerprint density at radius 2 is 2.07 bits per heavy atom. The number of hydrogen-bond acceptors (Lipinski definition) is 7. The first-order valence-electron chi connectivity index (χ1n) is 9.40. The number of thiazole rings is 1. The van der Waals surface area contributed by atoms with Crippen molar-refractivity contribution in [2.75, 3.05) is 38.7 Å². The van der Waals surface area contributed by atoms with Gasteiger partial charge in [-0.05, 0) is 38.0 Å². The van der Waals surface area contributed by atoms with Crippen molar-refractivity contribution in [3.63, 3.8) is 0 Å². The third-order valence-corrected chi connectivity index (χ3v) is 7.65. The molecule has 0 radical (unpaired) electrons. The van der Waals surface area contributed by atoms with Crippen molar-refractivity contribution in [3.8, 4) is 5.75 Å². The summed E-state index contributed by atoms with van der Waals surface area (Å²) >= 11 is 1.35. The van der Waals surface area contributed by atoms with Gasteiger partial charge in [-0.2, -0.15) is 4.31 Å². The van der Waals surface area contributed by atoms with Crippen LogP contribution in [0, 0.1) is 6.92 Å². The van der Waals surface area contributed by atoms with E-state index in [1.807, 2.05) is 0 Å². The molecule has 10 heteroatoms. The van der Waals surface area contributed by atoms with Crippen LogP contribution in [0.1, 0.15) is 33.7 Å². The van der Waals surface area contributed by atoms with E-state index in [-0.39, 0.29) is 10.8 Å². The van der Waals surface area contributed by atoms with E-state index < -0.39 is 10.0 Å². The van der Waals surface area contributed by atoms with E-state index in [2.05, 4.69) is 17.2 Å². The van der Waals surface area contributed by atoms with E-state index in [1.165, 1.54) is 34.9 Å². The zero-order valence-corrected chi connectivity index (χ0v) is 18.4. The Morgan fingerprint density at radius 3 is 2.72 bits per heavy atom. The average molecular weight is 440 g/mol. The zero-order valence-electron chi connectivity index (χ0n) is 16.7. The highest BCUT2D eigenvalue weighted by Gasteiger charge is 2.27. The lowest BCUT2D eigenvalue weighted by molar-refractivity contribution is 0.0730. The number of sulfonamides is 1. The Hall–Kier alpha value is -2.01. The van der Waals surface area contributed by atoms with Crippen molar-refractivity contribution < 1.29 is 22.7 Å². The first-order chi connectivity index (χ1) is 13.9. The molecule has 0 unspecified atom stereocenters. The number of carbonyl (C=O) groups excluding carboxylic acids is 1. The van der Waals surface area contributed by atoms with Gasteiger partial charge in [0.25, 0.3) is 5.91 Å². The van der Waals surface area contributed by atoms with Crippen LogP contribution < -0.4 is 10.1 Å². The number of aromatic nitrogens is 1. The summed E-state index contributed by atoms with van der Waals surface area (Å²) in [6, 6.07) is 4.46. The molecule has 1 fully saturated rings. The molecule has 1 aromatic heterocycles. The minimum atomic E-state index is -3.68. The summed E-state index contributed by atoms with van der Waals surface area (Å²) in [6.07, 6.45) is 1.76. The summed E-state index contributed by atoms with van der Waals surface area (Å²) in [7, 11) is -2.21. The van der Waals surface area contributed by atoms with Gasteiger partial charge in [0, 0.05) is 13.1 Å². The van der Waals surface area contributed by atoms with Crippen LogP contribution in [-0.4, -0.2) is 57.0 Å². The molecule has 2 heterocycles. The number of nitrogens with zero attached hydrogens (tertiary/aromatic N) is 2. The van der Waals surface area contributed by atoms with E-state index in [9.17, 15) is 13.2 Å². The zero-order chi connectivity index (χ0) is 21.0. The van der Waals surface area contributed by atoms with Gasteiger partial charge in [0.1, 0.15) is 10.6 Å². The molecule has 1 aliphatic heterocycles. The fourth-order valence-electron chi connectivity index (χ4n) is 3.04. The van der Waals surface area contributed by atoms with Crippen LogP contribution in [0.4, 0.5) is 5.69 Å². The predicted octanol–water partition coefficient (Wildman–Crippen LogP) is 2.69. The van der Waals surface area contributed by atoms with E-state index >= 15 is 0 Å². The molecule has 8 nitrogen and oxygen atoms in total. The lowest BCUT2D eigenvalue weighted by Gasteiger charge is -2.26. The number of hydrogen-bond donors (Lipinski definition) is 1. The van der Waals surface area contributed by atoms with E-state index in [0.29, 0.717) is 48.3 Å². The van der Waals surface area contributed by atoms with Crippen LogP contribution in [0.15, 0.2) is 23.1 Å². The van der Waals surface area contributed by atoms with Gasteiger partial charge in [0.2, 0.25) is 10.0 Å². The number of amides is 1. The number of nitrogens with one attached hydrogen (secondary N) is 1. The number of methoxy groups -OCH3 is 1. The lowest BCUT2D eigenvalue weighted by Crippen LogP contribution is -2.40. The van der Waals surface area contributed by atoms with Crippen LogP contribution in [-0.2, 0) is 21.2 Å². The van der Waals surface area contributed by atoms with Gasteiger partial charge in [-0.25, -0.2) is 13.4 Å². The maximum atomic E-state index is 12.9. The number of rotatable bonds is 7. The summed E-state index contributed by atoms with van der Waals surface area (Å²) in [5.74, 6) is 0.0526. The third-order valence-electron chi connectivity index (χ3n) is 4.54. The van der Waals surface area contributed by atoms with Crippen LogP contribution in [0.3, 0.4) is 0 Å². The third kappa shape index (κ3) is 4.77. The van der Waals surface area contributed by atoms with Gasteiger partial charge in [0.05, 0.1) is 41.6 Å². The largest absolute Gasteiger partial charge is 0.495 e. The molecule has 1 aliphatic rings. The predicted molar refractivity (Wildman–Crippen MR) is 111 cm³/mol. The average Bonchev–Trinajstić information content (AvgIpc) is 3.09. The molecule has 1 N–H and O–H groups in total. The minimum absolute atomic E-state index is 0.100. The second-order valence-electron chi connectivity index (χ2n) is 6.60. The van der Waals surface area contributed by atoms with Crippen molar-refractivity contribution in [1.82, 2.24) is 9.29 Å². The molecule has 0 atom stereocenters. The van der Waals surface area contributed by atoms with Gasteiger partial charge in [-0.3, -0.25) is 4.79 Å². The fourth-order valence-corrected chi connectivity index (χ4v) is 5.54. The monoisotopic (exact) mass is 439 g/mol. The Labute approximate surface area is 174 Å². The molecular weight excluding hydrogens is 414 g/mol. The molecule has 1 saturated heterocycles. The number of benzene rings is 1. The lowest BCUT2D eigenvalue weighted by atomic mass is 10.2. The van der Waals surface area contributed by atoms with Crippen molar-refractivity contribution in [2.24, 2.45) is 0 Å². The van der Waals surface area contributed by atoms with Crippen molar-refractivity contribution >= 4 is 33.0 Å². The summed E-state index contributed by atoms with van der Waals surface area (Å²) in [6.45, 7) is 5.18. The van der Waals surface area contributed by atoms with Crippen LogP contribution >= 0.6 is 11.3 Å². The number of carbonyl (C=O) groups is 1. The molecule has 29 heavy (non-hydrogen) atoms. The molecule has 1 aromatic carbocycles. The number of ether oxygens (including phenoxy) is 2. The first-order valence-corrected chi connectivity index (χ1v) is 11.7. The van der Waals surface area contributed by atoms with E-state index in [1.54, 1.807) is 13.0 Å².